The van der Waals surface area contributed by atoms with Gasteiger partial charge in [-0.2, -0.15) is 4.31 Å². The molecule has 8 nitrogen and oxygen atoms in total. The van der Waals surface area contributed by atoms with Crippen LogP contribution in [0.25, 0.3) is 10.9 Å². The highest BCUT2D eigenvalue weighted by Crippen LogP contribution is 2.28. The minimum atomic E-state index is -3.71. The first-order valence-corrected chi connectivity index (χ1v) is 10.4. The molecule has 3 heterocycles. The van der Waals surface area contributed by atoms with Gasteiger partial charge >= 0.3 is 0 Å². The van der Waals surface area contributed by atoms with E-state index in [-0.39, 0.29) is 29.3 Å². The molecule has 0 amide bonds. The summed E-state index contributed by atoms with van der Waals surface area (Å²) in [6, 6.07) is 8.82. The molecule has 0 radical (unpaired) electrons. The first kappa shape index (κ1) is 18.6. The quantitative estimate of drug-likeness (QED) is 0.648. The lowest BCUT2D eigenvalue weighted by atomic mass is 10.1. The lowest BCUT2D eigenvalue weighted by Crippen LogP contribution is -2.44. The predicted molar refractivity (Wildman–Crippen MR) is 103 cm³/mol. The van der Waals surface area contributed by atoms with Crippen molar-refractivity contribution in [2.45, 2.75) is 23.8 Å². The van der Waals surface area contributed by atoms with Gasteiger partial charge in [0.05, 0.1) is 19.2 Å². The maximum absolute atomic E-state index is 13.3. The average molecular weight is 400 g/mol. The number of sulfonamides is 1. The van der Waals surface area contributed by atoms with Crippen molar-refractivity contribution in [1.29, 1.82) is 0 Å². The smallest absolute Gasteiger partial charge is 0.278 e. The van der Waals surface area contributed by atoms with Crippen molar-refractivity contribution in [2.75, 3.05) is 20.2 Å². The van der Waals surface area contributed by atoms with Crippen LogP contribution in [-0.2, 0) is 10.0 Å². The zero-order valence-corrected chi connectivity index (χ0v) is 16.2. The molecule has 146 valence electrons. The number of hydrogen-bond donors (Lipinski definition) is 0. The van der Waals surface area contributed by atoms with Crippen LogP contribution in [0, 0.1) is 0 Å². The third-order valence-electron chi connectivity index (χ3n) is 4.66. The lowest BCUT2D eigenvalue weighted by molar-refractivity contribution is 0.119. The average Bonchev–Trinajstić information content (AvgIpc) is 2.74. The molecule has 1 atom stereocenters. The molecule has 0 aliphatic carbocycles. The largest absolute Gasteiger partial charge is 0.477 e. The van der Waals surface area contributed by atoms with Crippen LogP contribution >= 0.6 is 0 Å². The normalized spacial score (nSPS) is 18.1. The van der Waals surface area contributed by atoms with Gasteiger partial charge in [0.1, 0.15) is 11.0 Å². The Hall–Kier alpha value is -2.78. The molecular formula is C19H20N4O4S. The minimum Gasteiger partial charge on any atom is -0.477 e. The second kappa shape index (κ2) is 7.69. The molecule has 1 unspecified atom stereocenters. The van der Waals surface area contributed by atoms with Crippen molar-refractivity contribution < 1.29 is 17.9 Å². The lowest BCUT2D eigenvalue weighted by Gasteiger charge is -2.32. The summed E-state index contributed by atoms with van der Waals surface area (Å²) in [4.78, 5) is 12.7. The maximum atomic E-state index is 13.3. The third kappa shape index (κ3) is 3.50. The Kier molecular flexibility index (Phi) is 5.10. The van der Waals surface area contributed by atoms with Crippen molar-refractivity contribution >= 4 is 20.9 Å². The summed E-state index contributed by atoms with van der Waals surface area (Å²) in [5, 5.41) is 0.790. The van der Waals surface area contributed by atoms with E-state index >= 15 is 0 Å². The molecule has 9 heteroatoms. The third-order valence-corrected chi connectivity index (χ3v) is 6.56. The zero-order chi connectivity index (χ0) is 19.6. The first-order valence-electron chi connectivity index (χ1n) is 8.95. The van der Waals surface area contributed by atoms with E-state index in [2.05, 4.69) is 15.0 Å². The first-order chi connectivity index (χ1) is 13.6. The van der Waals surface area contributed by atoms with E-state index < -0.39 is 10.0 Å². The van der Waals surface area contributed by atoms with E-state index in [0.717, 1.165) is 11.8 Å². The molecular weight excluding hydrogens is 380 g/mol. The van der Waals surface area contributed by atoms with Gasteiger partial charge in [-0.05, 0) is 25.0 Å². The fourth-order valence-electron chi connectivity index (χ4n) is 3.33. The van der Waals surface area contributed by atoms with Crippen LogP contribution in [0.4, 0.5) is 0 Å². The summed E-state index contributed by atoms with van der Waals surface area (Å²) < 4.78 is 39.1. The molecule has 1 aromatic carbocycles. The molecule has 0 saturated carbocycles. The Morgan fingerprint density at radius 2 is 1.82 bits per heavy atom. The van der Waals surface area contributed by atoms with Gasteiger partial charge in [0.2, 0.25) is 10.0 Å². The van der Waals surface area contributed by atoms with Crippen molar-refractivity contribution in [3.8, 4) is 11.8 Å². The topological polar surface area (TPSA) is 94.5 Å². The van der Waals surface area contributed by atoms with Gasteiger partial charge in [0.25, 0.3) is 11.8 Å². The number of para-hydroxylation sites is 1. The van der Waals surface area contributed by atoms with Crippen LogP contribution in [0.15, 0.2) is 53.8 Å². The Morgan fingerprint density at radius 3 is 2.64 bits per heavy atom. The number of pyridine rings is 1. The van der Waals surface area contributed by atoms with Crippen LogP contribution in [0.1, 0.15) is 12.8 Å². The highest BCUT2D eigenvalue weighted by molar-refractivity contribution is 7.89. The molecule has 0 bridgehead atoms. The van der Waals surface area contributed by atoms with Gasteiger partial charge in [-0.25, -0.2) is 18.4 Å². The maximum Gasteiger partial charge on any atom is 0.278 e. The Bertz CT molecular complexity index is 1080. The second-order valence-corrected chi connectivity index (χ2v) is 8.35. The standard InChI is InChI=1S/C19H20N4O4S/c1-26-18-19(22-11-10-21-18)27-15-7-4-12-23(13-15)28(24,25)16-8-2-5-14-6-3-9-20-17(14)16/h2-3,5-6,8-11,15H,4,7,12-13H2,1H3. The van der Waals surface area contributed by atoms with Gasteiger partial charge in [0.15, 0.2) is 0 Å². The van der Waals surface area contributed by atoms with E-state index in [1.807, 2.05) is 12.1 Å². The van der Waals surface area contributed by atoms with Crippen LogP contribution in [0.3, 0.4) is 0 Å². The van der Waals surface area contributed by atoms with Gasteiger partial charge in [-0.3, -0.25) is 4.98 Å². The van der Waals surface area contributed by atoms with E-state index in [9.17, 15) is 8.42 Å². The van der Waals surface area contributed by atoms with E-state index in [4.69, 9.17) is 9.47 Å². The molecule has 1 saturated heterocycles. The van der Waals surface area contributed by atoms with Gasteiger partial charge in [0, 0.05) is 30.5 Å². The molecule has 2 aromatic heterocycles. The van der Waals surface area contributed by atoms with Gasteiger partial charge in [-0.1, -0.05) is 18.2 Å². The fourth-order valence-corrected chi connectivity index (χ4v) is 5.01. The number of methoxy groups -OCH3 is 1. The molecule has 1 aliphatic heterocycles. The van der Waals surface area contributed by atoms with Crippen LogP contribution in [0.5, 0.6) is 11.8 Å². The summed E-state index contributed by atoms with van der Waals surface area (Å²) in [5.41, 5.74) is 0.476. The minimum absolute atomic E-state index is 0.211. The highest BCUT2D eigenvalue weighted by atomic mass is 32.2. The number of piperidine rings is 1. The predicted octanol–water partition coefficient (Wildman–Crippen LogP) is 2.27. The fraction of sp³-hybridized carbons (Fsp3) is 0.316. The monoisotopic (exact) mass is 400 g/mol. The summed E-state index contributed by atoms with van der Waals surface area (Å²) in [5.74, 6) is 0.543. The Balaban J connectivity index is 1.60. The number of aromatic nitrogens is 3. The summed E-state index contributed by atoms with van der Waals surface area (Å²) >= 11 is 0. The number of nitrogens with zero attached hydrogens (tertiary/aromatic N) is 4. The van der Waals surface area contributed by atoms with Crippen LogP contribution in [-0.4, -0.2) is 54.0 Å². The number of ether oxygens (including phenoxy) is 2. The van der Waals surface area contributed by atoms with E-state index in [0.29, 0.717) is 18.5 Å². The van der Waals surface area contributed by atoms with Crippen molar-refractivity contribution in [3.05, 3.63) is 48.9 Å². The molecule has 0 N–H and O–H groups in total. The zero-order valence-electron chi connectivity index (χ0n) is 15.4. The van der Waals surface area contributed by atoms with Gasteiger partial charge in [-0.15, -0.1) is 0 Å². The summed E-state index contributed by atoms with van der Waals surface area (Å²) in [6.07, 6.45) is 5.69. The Morgan fingerprint density at radius 1 is 1.04 bits per heavy atom. The Labute approximate surface area is 163 Å². The molecule has 3 aromatic rings. The van der Waals surface area contributed by atoms with Crippen LogP contribution < -0.4 is 9.47 Å². The summed E-state index contributed by atoms with van der Waals surface area (Å²) in [7, 11) is -2.22. The van der Waals surface area contributed by atoms with Crippen molar-refractivity contribution in [2.24, 2.45) is 0 Å². The molecule has 0 spiro atoms. The number of benzene rings is 1. The number of fused-ring (bicyclic) bond motifs is 1. The SMILES string of the molecule is COc1nccnc1OC1CCCN(S(=O)(=O)c2cccc3cccnc23)C1. The number of hydrogen-bond acceptors (Lipinski definition) is 7. The highest BCUT2D eigenvalue weighted by Gasteiger charge is 2.33. The second-order valence-electron chi connectivity index (χ2n) is 6.45. The van der Waals surface area contributed by atoms with Crippen molar-refractivity contribution in [3.63, 3.8) is 0 Å². The van der Waals surface area contributed by atoms with E-state index in [1.165, 1.54) is 23.8 Å². The number of rotatable bonds is 5. The van der Waals surface area contributed by atoms with E-state index in [1.54, 1.807) is 24.4 Å². The van der Waals surface area contributed by atoms with Crippen LogP contribution in [0.2, 0.25) is 0 Å². The molecule has 1 aliphatic rings. The molecule has 4 rings (SSSR count). The molecule has 1 fully saturated rings. The van der Waals surface area contributed by atoms with Crippen molar-refractivity contribution in [1.82, 2.24) is 19.3 Å². The molecule has 28 heavy (non-hydrogen) atoms. The summed E-state index contributed by atoms with van der Waals surface area (Å²) in [6.45, 7) is 0.661. The van der Waals surface area contributed by atoms with Gasteiger partial charge < -0.3 is 9.47 Å².